The van der Waals surface area contributed by atoms with Crippen LogP contribution in [0.2, 0.25) is 0 Å². The second-order valence-electron chi connectivity index (χ2n) is 7.65. The van der Waals surface area contributed by atoms with E-state index in [1.807, 2.05) is 0 Å². The molecule has 0 aromatic heterocycles. The number of nitrogens with one attached hydrogen (secondary N) is 3. The van der Waals surface area contributed by atoms with Gasteiger partial charge in [0, 0.05) is 13.0 Å². The van der Waals surface area contributed by atoms with Gasteiger partial charge in [-0.2, -0.15) is 0 Å². The first-order chi connectivity index (χ1) is 16.5. The first kappa shape index (κ1) is 28.8. The minimum absolute atomic E-state index is 0.0390. The van der Waals surface area contributed by atoms with Crippen molar-refractivity contribution in [2.24, 2.45) is 27.9 Å². The molecular formula is C21H32N8O6. The Morgan fingerprint density at radius 1 is 0.943 bits per heavy atom. The van der Waals surface area contributed by atoms with Crippen LogP contribution in [-0.2, 0) is 30.4 Å². The number of amides is 4. The van der Waals surface area contributed by atoms with Crippen molar-refractivity contribution >= 4 is 35.6 Å². The predicted molar refractivity (Wildman–Crippen MR) is 126 cm³/mol. The van der Waals surface area contributed by atoms with E-state index in [1.54, 1.807) is 30.3 Å². The smallest absolute Gasteiger partial charge is 0.326 e. The lowest BCUT2D eigenvalue weighted by Gasteiger charge is -2.20. The van der Waals surface area contributed by atoms with E-state index in [0.717, 1.165) is 0 Å². The highest BCUT2D eigenvalue weighted by atomic mass is 16.4. The third kappa shape index (κ3) is 12.0. The van der Waals surface area contributed by atoms with Gasteiger partial charge in [-0.3, -0.25) is 24.2 Å². The zero-order valence-electron chi connectivity index (χ0n) is 19.1. The van der Waals surface area contributed by atoms with Crippen molar-refractivity contribution in [2.75, 3.05) is 13.1 Å². The average molecular weight is 493 g/mol. The molecule has 1 aromatic rings. The summed E-state index contributed by atoms with van der Waals surface area (Å²) in [5, 5.41) is 16.3. The van der Waals surface area contributed by atoms with Gasteiger partial charge in [0.05, 0.1) is 19.0 Å². The molecule has 0 aliphatic heterocycles. The molecule has 1 rings (SSSR count). The topological polar surface area (TPSA) is 258 Å². The number of rotatable bonds is 15. The quantitative estimate of drug-likeness (QED) is 0.0690. The Hall–Kier alpha value is -4.20. The molecule has 0 fully saturated rings. The summed E-state index contributed by atoms with van der Waals surface area (Å²) >= 11 is 0. The molecule has 3 atom stereocenters. The molecule has 12 N–H and O–H groups in total. The van der Waals surface area contributed by atoms with Gasteiger partial charge in [0.15, 0.2) is 5.96 Å². The molecule has 35 heavy (non-hydrogen) atoms. The minimum atomic E-state index is -1.38. The van der Waals surface area contributed by atoms with Crippen LogP contribution in [0.15, 0.2) is 35.3 Å². The van der Waals surface area contributed by atoms with Crippen molar-refractivity contribution in [3.05, 3.63) is 35.9 Å². The van der Waals surface area contributed by atoms with E-state index in [9.17, 15) is 29.1 Å². The number of nitrogens with two attached hydrogens (primary N) is 4. The molecule has 192 valence electrons. The fourth-order valence-corrected chi connectivity index (χ4v) is 2.93. The van der Waals surface area contributed by atoms with Gasteiger partial charge in [0.25, 0.3) is 0 Å². The molecule has 0 saturated carbocycles. The van der Waals surface area contributed by atoms with E-state index < -0.39 is 60.7 Å². The molecule has 14 heteroatoms. The SMILES string of the molecule is NC(=O)CC(NC(=O)C(N)CCCN=C(N)N)C(=O)NCC(=O)NC(Cc1ccccc1)C(=O)O. The second kappa shape index (κ2) is 14.8. The van der Waals surface area contributed by atoms with Crippen molar-refractivity contribution in [1.82, 2.24) is 16.0 Å². The zero-order valence-corrected chi connectivity index (χ0v) is 19.1. The van der Waals surface area contributed by atoms with Gasteiger partial charge in [0.1, 0.15) is 12.1 Å². The van der Waals surface area contributed by atoms with E-state index >= 15 is 0 Å². The van der Waals surface area contributed by atoms with Gasteiger partial charge in [-0.1, -0.05) is 30.3 Å². The Kier molecular flexibility index (Phi) is 12.2. The van der Waals surface area contributed by atoms with Crippen LogP contribution < -0.4 is 38.9 Å². The summed E-state index contributed by atoms with van der Waals surface area (Å²) in [6.07, 6.45) is 0.101. The van der Waals surface area contributed by atoms with Gasteiger partial charge in [-0.15, -0.1) is 0 Å². The first-order valence-corrected chi connectivity index (χ1v) is 10.7. The van der Waals surface area contributed by atoms with Crippen molar-refractivity contribution in [3.63, 3.8) is 0 Å². The molecule has 1 aromatic carbocycles. The molecule has 0 saturated heterocycles. The van der Waals surface area contributed by atoms with Gasteiger partial charge < -0.3 is 44.0 Å². The Morgan fingerprint density at radius 2 is 1.60 bits per heavy atom. The van der Waals surface area contributed by atoms with Crippen LogP contribution in [0.4, 0.5) is 0 Å². The van der Waals surface area contributed by atoms with Gasteiger partial charge in [-0.25, -0.2) is 4.79 Å². The van der Waals surface area contributed by atoms with E-state index in [0.29, 0.717) is 12.0 Å². The average Bonchev–Trinajstić information content (AvgIpc) is 2.79. The lowest BCUT2D eigenvalue weighted by molar-refractivity contribution is -0.141. The molecule has 0 radical (unpaired) electrons. The molecule has 0 bridgehead atoms. The van der Waals surface area contributed by atoms with Crippen LogP contribution in [0, 0.1) is 0 Å². The number of hydrogen-bond acceptors (Lipinski definition) is 7. The van der Waals surface area contributed by atoms with Crippen LogP contribution in [0.3, 0.4) is 0 Å². The lowest BCUT2D eigenvalue weighted by atomic mass is 10.1. The van der Waals surface area contributed by atoms with Gasteiger partial charge >= 0.3 is 5.97 Å². The van der Waals surface area contributed by atoms with Gasteiger partial charge in [0.2, 0.25) is 23.6 Å². The third-order valence-corrected chi connectivity index (χ3v) is 4.68. The van der Waals surface area contributed by atoms with E-state index in [2.05, 4.69) is 20.9 Å². The Balaban J connectivity index is 2.63. The van der Waals surface area contributed by atoms with E-state index in [1.165, 1.54) is 0 Å². The van der Waals surface area contributed by atoms with Gasteiger partial charge in [-0.05, 0) is 18.4 Å². The van der Waals surface area contributed by atoms with E-state index in [4.69, 9.17) is 22.9 Å². The maximum atomic E-state index is 12.5. The molecule has 0 spiro atoms. The summed E-state index contributed by atoms with van der Waals surface area (Å²) in [6, 6.07) is 5.06. The number of aliphatic carboxylic acids is 1. The number of carbonyl (C=O) groups is 5. The first-order valence-electron chi connectivity index (χ1n) is 10.7. The number of hydrogen-bond donors (Lipinski definition) is 8. The van der Waals surface area contributed by atoms with E-state index in [-0.39, 0.29) is 25.3 Å². The Bertz CT molecular complexity index is 920. The summed E-state index contributed by atoms with van der Waals surface area (Å²) in [4.78, 5) is 63.6. The van der Waals surface area contributed by atoms with Crippen LogP contribution in [-0.4, -0.2) is 71.9 Å². The van der Waals surface area contributed by atoms with Crippen LogP contribution >= 0.6 is 0 Å². The number of primary amides is 1. The summed E-state index contributed by atoms with van der Waals surface area (Å²) in [7, 11) is 0. The molecule has 3 unspecified atom stereocenters. The summed E-state index contributed by atoms with van der Waals surface area (Å²) < 4.78 is 0. The third-order valence-electron chi connectivity index (χ3n) is 4.68. The number of carbonyl (C=O) groups excluding carboxylic acids is 4. The molecular weight excluding hydrogens is 460 g/mol. The largest absolute Gasteiger partial charge is 0.480 e. The van der Waals surface area contributed by atoms with Crippen molar-refractivity contribution < 1.29 is 29.1 Å². The van der Waals surface area contributed by atoms with Crippen LogP contribution in [0.25, 0.3) is 0 Å². The highest BCUT2D eigenvalue weighted by Gasteiger charge is 2.26. The highest BCUT2D eigenvalue weighted by molar-refractivity contribution is 5.95. The Morgan fingerprint density at radius 3 is 2.17 bits per heavy atom. The second-order valence-corrected chi connectivity index (χ2v) is 7.65. The Labute approximate surface area is 201 Å². The maximum Gasteiger partial charge on any atom is 0.326 e. The summed E-state index contributed by atoms with van der Waals surface area (Å²) in [6.45, 7) is -0.335. The molecule has 4 amide bonds. The number of carboxylic acids is 1. The molecule has 14 nitrogen and oxygen atoms in total. The molecule has 0 aliphatic carbocycles. The summed E-state index contributed by atoms with van der Waals surface area (Å²) in [5.41, 5.74) is 22.1. The number of benzene rings is 1. The monoisotopic (exact) mass is 492 g/mol. The number of nitrogens with zero attached hydrogens (tertiary/aromatic N) is 1. The number of guanidine groups is 1. The predicted octanol–water partition coefficient (Wildman–Crippen LogP) is -3.34. The standard InChI is InChI=1S/C21H32N8O6/c22-13(7-4-8-26-21(24)25)18(32)29-14(10-16(23)30)19(33)27-11-17(31)28-15(20(34)35)9-12-5-2-1-3-6-12/h1-3,5-6,13-15H,4,7-11,22H2,(H2,23,30)(H,27,33)(H,28,31)(H,29,32)(H,34,35)(H4,24,25,26). The minimum Gasteiger partial charge on any atom is -0.480 e. The lowest BCUT2D eigenvalue weighted by Crippen LogP contribution is -2.54. The zero-order chi connectivity index (χ0) is 26.4. The van der Waals surface area contributed by atoms with Crippen molar-refractivity contribution in [1.29, 1.82) is 0 Å². The fourth-order valence-electron chi connectivity index (χ4n) is 2.93. The fraction of sp³-hybridized carbons (Fsp3) is 0.429. The molecule has 0 heterocycles. The van der Waals surface area contributed by atoms with Crippen LogP contribution in [0.5, 0.6) is 0 Å². The number of aliphatic imine (C=N–C) groups is 1. The van der Waals surface area contributed by atoms with Crippen molar-refractivity contribution in [2.45, 2.75) is 43.8 Å². The maximum absolute atomic E-state index is 12.5. The molecule has 0 aliphatic rings. The summed E-state index contributed by atoms with van der Waals surface area (Å²) in [5.74, 6) is -4.57. The van der Waals surface area contributed by atoms with Crippen molar-refractivity contribution in [3.8, 4) is 0 Å². The highest BCUT2D eigenvalue weighted by Crippen LogP contribution is 2.04. The van der Waals surface area contributed by atoms with Crippen LogP contribution in [0.1, 0.15) is 24.8 Å². The normalized spacial score (nSPS) is 12.9. The number of carboxylic acid groups (broad SMARTS) is 1.